The summed E-state index contributed by atoms with van der Waals surface area (Å²) in [5.74, 6) is 1.20. The van der Waals surface area contributed by atoms with Crippen LogP contribution in [0.5, 0.6) is 0 Å². The molecule has 2 aromatic heterocycles. The van der Waals surface area contributed by atoms with Gasteiger partial charge in [-0.1, -0.05) is 24.3 Å². The number of anilines is 3. The molecule has 4 rings (SSSR count). The van der Waals surface area contributed by atoms with Gasteiger partial charge in [-0.15, -0.1) is 0 Å². The number of carbonyl (C=O) groups excluding carboxylic acids is 1. The first-order chi connectivity index (χ1) is 14.7. The molecule has 0 aliphatic carbocycles. The number of urea groups is 1. The van der Waals surface area contributed by atoms with Gasteiger partial charge in [-0.25, -0.2) is 9.78 Å². The predicted octanol–water partition coefficient (Wildman–Crippen LogP) is 5.55. The molecule has 0 atom stereocenters. The summed E-state index contributed by atoms with van der Waals surface area (Å²) in [5.41, 5.74) is 8.31. The highest BCUT2D eigenvalue weighted by Crippen LogP contribution is 2.31. The number of benzene rings is 2. The van der Waals surface area contributed by atoms with Crippen molar-refractivity contribution < 1.29 is 18.0 Å². The normalized spacial score (nSPS) is 11.5. The zero-order chi connectivity index (χ0) is 22.2. The minimum atomic E-state index is -4.48. The second-order valence-corrected chi connectivity index (χ2v) is 6.92. The first-order valence-corrected chi connectivity index (χ1v) is 9.31. The maximum absolute atomic E-state index is 12.8. The van der Waals surface area contributed by atoms with Crippen molar-refractivity contribution in [3.8, 4) is 11.1 Å². The molecule has 4 N–H and O–H groups in total. The van der Waals surface area contributed by atoms with Crippen LogP contribution >= 0.6 is 0 Å². The van der Waals surface area contributed by atoms with Crippen molar-refractivity contribution in [1.29, 1.82) is 0 Å². The van der Waals surface area contributed by atoms with Gasteiger partial charge < -0.3 is 20.8 Å². The molecule has 6 nitrogen and oxygen atoms in total. The number of nitrogens with zero attached hydrogens (tertiary/aromatic N) is 2. The largest absolute Gasteiger partial charge is 0.416 e. The molecule has 0 saturated carbocycles. The van der Waals surface area contributed by atoms with Crippen molar-refractivity contribution >= 4 is 28.7 Å². The summed E-state index contributed by atoms with van der Waals surface area (Å²) in [7, 11) is 0. The number of imidazole rings is 1. The van der Waals surface area contributed by atoms with E-state index in [-0.39, 0.29) is 5.69 Å². The van der Waals surface area contributed by atoms with Crippen LogP contribution in [0.25, 0.3) is 16.6 Å². The van der Waals surface area contributed by atoms with Gasteiger partial charge in [-0.2, -0.15) is 13.2 Å². The number of aryl methyl sites for hydroxylation is 1. The third kappa shape index (κ3) is 4.16. The first kappa shape index (κ1) is 20.3. The van der Waals surface area contributed by atoms with Crippen LogP contribution in [0.1, 0.15) is 11.4 Å². The van der Waals surface area contributed by atoms with Gasteiger partial charge in [0.05, 0.1) is 11.1 Å². The van der Waals surface area contributed by atoms with Gasteiger partial charge in [0, 0.05) is 23.1 Å². The van der Waals surface area contributed by atoms with Gasteiger partial charge in [-0.3, -0.25) is 0 Å². The van der Waals surface area contributed by atoms with Gasteiger partial charge in [0.1, 0.15) is 5.82 Å². The maximum atomic E-state index is 12.8. The molecule has 0 fully saturated rings. The van der Waals surface area contributed by atoms with E-state index in [0.717, 1.165) is 34.6 Å². The van der Waals surface area contributed by atoms with Crippen LogP contribution in [-0.4, -0.2) is 15.4 Å². The summed E-state index contributed by atoms with van der Waals surface area (Å²) in [4.78, 5) is 16.5. The molecule has 0 aliphatic heterocycles. The third-order valence-electron chi connectivity index (χ3n) is 4.77. The third-order valence-corrected chi connectivity index (χ3v) is 4.77. The molecular weight excluding hydrogens is 407 g/mol. The van der Waals surface area contributed by atoms with Crippen LogP contribution in [0.15, 0.2) is 66.9 Å². The van der Waals surface area contributed by atoms with Crippen molar-refractivity contribution in [1.82, 2.24) is 9.38 Å². The quantitative estimate of drug-likeness (QED) is 0.402. The van der Waals surface area contributed by atoms with E-state index >= 15 is 0 Å². The Morgan fingerprint density at radius 2 is 1.71 bits per heavy atom. The number of fused-ring (bicyclic) bond motifs is 1. The number of nitrogens with two attached hydrogens (primary N) is 1. The average molecular weight is 425 g/mol. The highest BCUT2D eigenvalue weighted by Gasteiger charge is 2.30. The Labute approximate surface area is 175 Å². The van der Waals surface area contributed by atoms with E-state index in [1.165, 1.54) is 12.1 Å². The van der Waals surface area contributed by atoms with E-state index in [1.807, 2.05) is 41.8 Å². The lowest BCUT2D eigenvalue weighted by Gasteiger charge is -2.11. The van der Waals surface area contributed by atoms with Crippen molar-refractivity contribution in [3.05, 3.63) is 78.2 Å². The number of amides is 2. The summed E-state index contributed by atoms with van der Waals surface area (Å²) in [6.07, 6.45) is -2.60. The summed E-state index contributed by atoms with van der Waals surface area (Å²) in [5, 5.41) is 5.01. The summed E-state index contributed by atoms with van der Waals surface area (Å²) in [6, 6.07) is 14.6. The van der Waals surface area contributed by atoms with Crippen molar-refractivity contribution in [2.75, 3.05) is 16.4 Å². The fourth-order valence-electron chi connectivity index (χ4n) is 3.35. The molecule has 9 heteroatoms. The molecular formula is C22H18F3N5O. The van der Waals surface area contributed by atoms with Gasteiger partial charge in [0.25, 0.3) is 0 Å². The Morgan fingerprint density at radius 3 is 2.42 bits per heavy atom. The Morgan fingerprint density at radius 1 is 1.00 bits per heavy atom. The summed E-state index contributed by atoms with van der Waals surface area (Å²) >= 11 is 0. The predicted molar refractivity (Wildman–Crippen MR) is 114 cm³/mol. The van der Waals surface area contributed by atoms with Crippen LogP contribution in [0, 0.1) is 6.92 Å². The SMILES string of the molecule is Cc1nc(N)c2c(-c3ccc(NC(=O)Nc4cccc(C(F)(F)F)c4)cc3)cccn12. The molecule has 158 valence electrons. The number of nitrogens with one attached hydrogen (secondary N) is 2. The van der Waals surface area contributed by atoms with E-state index in [0.29, 0.717) is 11.5 Å². The molecule has 0 radical (unpaired) electrons. The molecule has 2 amide bonds. The van der Waals surface area contributed by atoms with Crippen LogP contribution in [0.3, 0.4) is 0 Å². The molecule has 31 heavy (non-hydrogen) atoms. The van der Waals surface area contributed by atoms with Crippen LogP contribution in [0.2, 0.25) is 0 Å². The molecule has 0 saturated heterocycles. The first-order valence-electron chi connectivity index (χ1n) is 9.31. The Bertz CT molecular complexity index is 1260. The molecule has 4 aromatic rings. The monoisotopic (exact) mass is 425 g/mol. The second-order valence-electron chi connectivity index (χ2n) is 6.92. The number of nitrogen functional groups attached to an aromatic ring is 1. The van der Waals surface area contributed by atoms with Gasteiger partial charge >= 0.3 is 12.2 Å². The van der Waals surface area contributed by atoms with Crippen LogP contribution in [-0.2, 0) is 6.18 Å². The lowest BCUT2D eigenvalue weighted by atomic mass is 10.1. The van der Waals surface area contributed by atoms with E-state index in [1.54, 1.807) is 12.1 Å². The van der Waals surface area contributed by atoms with Crippen molar-refractivity contribution in [3.63, 3.8) is 0 Å². The number of carbonyl (C=O) groups is 1. The number of hydrogen-bond donors (Lipinski definition) is 3. The van der Waals surface area contributed by atoms with Gasteiger partial charge in [-0.05, 0) is 48.9 Å². The fourth-order valence-corrected chi connectivity index (χ4v) is 3.35. The standard InChI is InChI=1S/C22H18F3N5O/c1-13-27-20(26)19-18(6-3-11-30(13)19)14-7-9-16(10-8-14)28-21(31)29-17-5-2-4-15(12-17)22(23,24)25/h2-12H,26H2,1H3,(H2,28,29,31). The number of hydrogen-bond acceptors (Lipinski definition) is 3. The zero-order valence-electron chi connectivity index (χ0n) is 16.4. The summed E-state index contributed by atoms with van der Waals surface area (Å²) in [6.45, 7) is 1.86. The second kappa shape index (κ2) is 7.67. The summed E-state index contributed by atoms with van der Waals surface area (Å²) < 4.78 is 40.3. The zero-order valence-corrected chi connectivity index (χ0v) is 16.4. The van der Waals surface area contributed by atoms with E-state index in [4.69, 9.17) is 5.73 Å². The van der Waals surface area contributed by atoms with Gasteiger partial charge in [0.15, 0.2) is 5.82 Å². The smallest absolute Gasteiger partial charge is 0.382 e. The molecule has 0 aliphatic rings. The van der Waals surface area contributed by atoms with E-state index < -0.39 is 17.8 Å². The van der Waals surface area contributed by atoms with Crippen molar-refractivity contribution in [2.24, 2.45) is 0 Å². The minimum Gasteiger partial charge on any atom is -0.382 e. The van der Waals surface area contributed by atoms with Crippen LogP contribution in [0.4, 0.5) is 35.2 Å². The Balaban J connectivity index is 1.50. The molecule has 2 heterocycles. The minimum absolute atomic E-state index is 0.0437. The number of pyridine rings is 1. The number of rotatable bonds is 3. The van der Waals surface area contributed by atoms with Crippen LogP contribution < -0.4 is 16.4 Å². The van der Waals surface area contributed by atoms with Gasteiger partial charge in [0.2, 0.25) is 0 Å². The molecule has 2 aromatic carbocycles. The topological polar surface area (TPSA) is 84.4 Å². The van der Waals surface area contributed by atoms with E-state index in [2.05, 4.69) is 15.6 Å². The number of aromatic nitrogens is 2. The maximum Gasteiger partial charge on any atom is 0.416 e. The highest BCUT2D eigenvalue weighted by atomic mass is 19.4. The fraction of sp³-hybridized carbons (Fsp3) is 0.0909. The lowest BCUT2D eigenvalue weighted by Crippen LogP contribution is -2.19. The average Bonchev–Trinajstić information content (AvgIpc) is 3.02. The molecule has 0 unspecified atom stereocenters. The number of halogens is 3. The molecule has 0 spiro atoms. The lowest BCUT2D eigenvalue weighted by molar-refractivity contribution is -0.137. The molecule has 0 bridgehead atoms. The number of alkyl halides is 3. The Kier molecular flexibility index (Phi) is 5.02. The van der Waals surface area contributed by atoms with Crippen molar-refractivity contribution in [2.45, 2.75) is 13.1 Å². The van der Waals surface area contributed by atoms with E-state index in [9.17, 15) is 18.0 Å². The Hall–Kier alpha value is -4.01. The highest BCUT2D eigenvalue weighted by molar-refractivity contribution is 6.00.